The first-order chi connectivity index (χ1) is 11.9. The van der Waals surface area contributed by atoms with Crippen molar-refractivity contribution in [3.05, 3.63) is 0 Å². The Bertz CT molecular complexity index is 433. The molecule has 2 N–H and O–H groups in total. The van der Waals surface area contributed by atoms with Crippen LogP contribution in [0.25, 0.3) is 0 Å². The normalized spacial score (nSPS) is 25.8. The van der Waals surface area contributed by atoms with E-state index in [1.54, 1.807) is 7.05 Å². The lowest BCUT2D eigenvalue weighted by molar-refractivity contribution is -0.143. The summed E-state index contributed by atoms with van der Waals surface area (Å²) in [4.78, 5) is 8.15. The lowest BCUT2D eigenvalue weighted by atomic mass is 10.0. The molecule has 154 valence electrons. The zero-order valence-corrected chi connectivity index (χ0v) is 18.1. The molecular formula is C17H33F3IN5. The van der Waals surface area contributed by atoms with Crippen LogP contribution in [0.3, 0.4) is 0 Å². The minimum atomic E-state index is -4.12. The van der Waals surface area contributed by atoms with Crippen LogP contribution in [-0.2, 0) is 0 Å². The fraction of sp³-hybridized carbons (Fsp3) is 0.941. The first kappa shape index (κ1) is 23.7. The van der Waals surface area contributed by atoms with Crippen LogP contribution < -0.4 is 10.6 Å². The van der Waals surface area contributed by atoms with Gasteiger partial charge in [-0.25, -0.2) is 0 Å². The maximum atomic E-state index is 12.4. The van der Waals surface area contributed by atoms with E-state index in [-0.39, 0.29) is 30.0 Å². The minimum absolute atomic E-state index is 0. The monoisotopic (exact) mass is 491 g/mol. The number of likely N-dealkylation sites (tertiary alicyclic amines) is 2. The number of rotatable bonds is 6. The smallest absolute Gasteiger partial charge is 0.356 e. The van der Waals surface area contributed by atoms with E-state index < -0.39 is 12.7 Å². The molecule has 2 heterocycles. The second kappa shape index (κ2) is 11.5. The molecule has 2 fully saturated rings. The van der Waals surface area contributed by atoms with Gasteiger partial charge >= 0.3 is 6.18 Å². The molecule has 0 aromatic carbocycles. The predicted molar refractivity (Wildman–Crippen MR) is 110 cm³/mol. The molecule has 0 bridgehead atoms. The quantitative estimate of drug-likeness (QED) is 0.260. The number of halogens is 4. The van der Waals surface area contributed by atoms with Crippen LogP contribution >= 0.6 is 24.0 Å². The molecule has 0 aromatic rings. The van der Waals surface area contributed by atoms with Gasteiger partial charge in [-0.05, 0) is 44.7 Å². The van der Waals surface area contributed by atoms with Crippen molar-refractivity contribution in [3.63, 3.8) is 0 Å². The van der Waals surface area contributed by atoms with Gasteiger partial charge in [0, 0.05) is 39.3 Å². The summed E-state index contributed by atoms with van der Waals surface area (Å²) in [7, 11) is 1.70. The van der Waals surface area contributed by atoms with Gasteiger partial charge in [-0.15, -0.1) is 24.0 Å². The van der Waals surface area contributed by atoms with Crippen molar-refractivity contribution >= 4 is 29.9 Å². The lowest BCUT2D eigenvalue weighted by Gasteiger charge is -2.30. The van der Waals surface area contributed by atoms with Gasteiger partial charge in [0.25, 0.3) is 0 Å². The van der Waals surface area contributed by atoms with Crippen molar-refractivity contribution in [3.8, 4) is 0 Å². The van der Waals surface area contributed by atoms with Gasteiger partial charge in [-0.2, -0.15) is 13.2 Å². The van der Waals surface area contributed by atoms with Gasteiger partial charge in [0.2, 0.25) is 0 Å². The molecule has 2 saturated heterocycles. The first-order valence-electron chi connectivity index (χ1n) is 9.34. The summed E-state index contributed by atoms with van der Waals surface area (Å²) in [6, 6.07) is 0.0245. The average Bonchev–Trinajstić information content (AvgIpc) is 2.95. The van der Waals surface area contributed by atoms with Gasteiger partial charge in [0.05, 0.1) is 6.54 Å². The summed E-state index contributed by atoms with van der Waals surface area (Å²) in [6.45, 7) is 6.64. The lowest BCUT2D eigenvalue weighted by Crippen LogP contribution is -2.46. The van der Waals surface area contributed by atoms with Crippen molar-refractivity contribution in [1.29, 1.82) is 0 Å². The summed E-state index contributed by atoms with van der Waals surface area (Å²) in [5.41, 5.74) is 0. The fourth-order valence-corrected chi connectivity index (χ4v) is 3.73. The van der Waals surface area contributed by atoms with E-state index in [1.165, 1.54) is 30.8 Å². The van der Waals surface area contributed by atoms with Gasteiger partial charge in [0.15, 0.2) is 5.96 Å². The van der Waals surface area contributed by atoms with E-state index in [2.05, 4.69) is 27.4 Å². The molecule has 0 aliphatic carbocycles. The standard InChI is InChI=1S/C17H32F3N5.HI/c1-14-5-3-8-24(11-14)9-4-7-22-16(21-2)23-15-6-10-25(12-15)13-17(18,19)20;/h14-15H,3-13H2,1-2H3,(H2,21,22,23);1H. The van der Waals surface area contributed by atoms with Gasteiger partial charge in [-0.3, -0.25) is 9.89 Å². The molecule has 0 amide bonds. The molecule has 2 unspecified atom stereocenters. The van der Waals surface area contributed by atoms with Crippen LogP contribution in [0.4, 0.5) is 13.2 Å². The number of aliphatic imine (C=N–C) groups is 1. The van der Waals surface area contributed by atoms with E-state index in [0.717, 1.165) is 25.4 Å². The summed E-state index contributed by atoms with van der Waals surface area (Å²) in [6.07, 6.45) is 0.244. The van der Waals surface area contributed by atoms with Crippen molar-refractivity contribution < 1.29 is 13.2 Å². The third-order valence-electron chi connectivity index (χ3n) is 4.92. The second-order valence-electron chi connectivity index (χ2n) is 7.38. The molecule has 0 saturated carbocycles. The highest BCUT2D eigenvalue weighted by molar-refractivity contribution is 14.0. The third kappa shape index (κ3) is 9.07. The number of alkyl halides is 3. The number of nitrogens with one attached hydrogen (secondary N) is 2. The van der Waals surface area contributed by atoms with E-state index in [1.807, 2.05) is 0 Å². The van der Waals surface area contributed by atoms with Crippen molar-refractivity contribution in [2.45, 2.75) is 44.8 Å². The topological polar surface area (TPSA) is 42.9 Å². The van der Waals surface area contributed by atoms with Gasteiger partial charge in [0.1, 0.15) is 0 Å². The Morgan fingerprint density at radius 3 is 2.58 bits per heavy atom. The first-order valence-corrected chi connectivity index (χ1v) is 9.34. The molecule has 2 aliphatic heterocycles. The molecule has 26 heavy (non-hydrogen) atoms. The van der Waals surface area contributed by atoms with Gasteiger partial charge in [-0.1, -0.05) is 6.92 Å². The average molecular weight is 491 g/mol. The maximum absolute atomic E-state index is 12.4. The predicted octanol–water partition coefficient (Wildman–Crippen LogP) is 2.53. The van der Waals surface area contributed by atoms with Crippen LogP contribution in [0.1, 0.15) is 32.6 Å². The van der Waals surface area contributed by atoms with Gasteiger partial charge < -0.3 is 15.5 Å². The Balaban J connectivity index is 0.00000338. The van der Waals surface area contributed by atoms with Crippen molar-refractivity contribution in [2.75, 3.05) is 52.9 Å². The van der Waals surface area contributed by atoms with Crippen LogP contribution in [0.5, 0.6) is 0 Å². The summed E-state index contributed by atoms with van der Waals surface area (Å²) >= 11 is 0. The Morgan fingerprint density at radius 2 is 1.92 bits per heavy atom. The highest BCUT2D eigenvalue weighted by Gasteiger charge is 2.34. The number of hydrogen-bond donors (Lipinski definition) is 2. The molecule has 2 aliphatic rings. The summed E-state index contributed by atoms with van der Waals surface area (Å²) < 4.78 is 37.3. The summed E-state index contributed by atoms with van der Waals surface area (Å²) in [5, 5.41) is 6.52. The zero-order chi connectivity index (χ0) is 18.3. The molecular weight excluding hydrogens is 458 g/mol. The largest absolute Gasteiger partial charge is 0.401 e. The molecule has 9 heteroatoms. The van der Waals surface area contributed by atoms with Crippen LogP contribution in [0.15, 0.2) is 4.99 Å². The Morgan fingerprint density at radius 1 is 1.15 bits per heavy atom. The van der Waals surface area contributed by atoms with Crippen LogP contribution in [0, 0.1) is 5.92 Å². The molecule has 0 spiro atoms. The number of nitrogens with zero attached hydrogens (tertiary/aromatic N) is 3. The molecule has 5 nitrogen and oxygen atoms in total. The molecule has 2 rings (SSSR count). The molecule has 2 atom stereocenters. The van der Waals surface area contributed by atoms with E-state index >= 15 is 0 Å². The Kier molecular flexibility index (Phi) is 10.5. The second-order valence-corrected chi connectivity index (χ2v) is 7.38. The highest BCUT2D eigenvalue weighted by atomic mass is 127. The SMILES string of the molecule is CN=C(NCCCN1CCCC(C)C1)NC1CCN(CC(F)(F)F)C1.I. The fourth-order valence-electron chi connectivity index (χ4n) is 3.73. The minimum Gasteiger partial charge on any atom is -0.356 e. The zero-order valence-electron chi connectivity index (χ0n) is 15.8. The maximum Gasteiger partial charge on any atom is 0.401 e. The Labute approximate surface area is 172 Å². The molecule has 0 radical (unpaired) electrons. The van der Waals surface area contributed by atoms with Crippen molar-refractivity contribution in [2.24, 2.45) is 10.9 Å². The van der Waals surface area contributed by atoms with Crippen molar-refractivity contribution in [1.82, 2.24) is 20.4 Å². The Hall–Kier alpha value is -0.290. The van der Waals surface area contributed by atoms with Crippen LogP contribution in [-0.4, -0.2) is 80.8 Å². The van der Waals surface area contributed by atoms with E-state index in [9.17, 15) is 13.2 Å². The highest BCUT2D eigenvalue weighted by Crippen LogP contribution is 2.20. The number of hydrogen-bond acceptors (Lipinski definition) is 3. The van der Waals surface area contributed by atoms with E-state index in [0.29, 0.717) is 25.5 Å². The number of guanidine groups is 1. The van der Waals surface area contributed by atoms with Crippen LogP contribution in [0.2, 0.25) is 0 Å². The third-order valence-corrected chi connectivity index (χ3v) is 4.92. The molecule has 0 aromatic heterocycles. The summed E-state index contributed by atoms with van der Waals surface area (Å²) in [5.74, 6) is 1.48. The van der Waals surface area contributed by atoms with E-state index in [4.69, 9.17) is 0 Å². The number of piperidine rings is 1.